The van der Waals surface area contributed by atoms with E-state index in [2.05, 4.69) is 24.5 Å². The van der Waals surface area contributed by atoms with Gasteiger partial charge in [-0.05, 0) is 55.3 Å². The summed E-state index contributed by atoms with van der Waals surface area (Å²) in [6.45, 7) is 5.64. The van der Waals surface area contributed by atoms with Gasteiger partial charge in [0.15, 0.2) is 6.19 Å². The van der Waals surface area contributed by atoms with Crippen molar-refractivity contribution in [1.29, 1.82) is 5.26 Å². The van der Waals surface area contributed by atoms with E-state index in [9.17, 15) is 4.79 Å². The zero-order valence-electron chi connectivity index (χ0n) is 12.5. The highest BCUT2D eigenvalue weighted by Gasteiger charge is 2.54. The Balaban J connectivity index is 1.42. The lowest BCUT2D eigenvalue weighted by molar-refractivity contribution is -0.131. The van der Waals surface area contributed by atoms with Crippen molar-refractivity contribution < 1.29 is 4.79 Å². The second-order valence-electron chi connectivity index (χ2n) is 7.56. The molecular formula is C16H25N3O. The van der Waals surface area contributed by atoms with Gasteiger partial charge in [-0.15, -0.1) is 0 Å². The van der Waals surface area contributed by atoms with Crippen LogP contribution in [0.25, 0.3) is 0 Å². The molecule has 4 rings (SSSR count). The third kappa shape index (κ3) is 2.17. The molecule has 1 amide bonds. The summed E-state index contributed by atoms with van der Waals surface area (Å²) in [5.74, 6) is 2.71. The average Bonchev–Trinajstić information content (AvgIpc) is 2.39. The number of nitrogens with one attached hydrogen (secondary N) is 2. The lowest BCUT2D eigenvalue weighted by atomic mass is 9.45. The van der Waals surface area contributed by atoms with Gasteiger partial charge in [-0.1, -0.05) is 13.8 Å². The number of nitrogens with zero attached hydrogens (tertiary/aromatic N) is 1. The predicted octanol–water partition coefficient (Wildman–Crippen LogP) is 2.02. The van der Waals surface area contributed by atoms with Gasteiger partial charge in [0.2, 0.25) is 5.91 Å². The quantitative estimate of drug-likeness (QED) is 0.609. The standard InChI is InChI=1S/C16H25N3O/c1-16(2)12-4-3-10(14(16)7-12)8-18-15(20)11-5-13(6-11)19-9-17/h10-14,19H,3-8H2,1-2H3,(H,18,20)/t10-,11?,12+,13?,14+/m0/s1. The first-order valence-corrected chi connectivity index (χ1v) is 7.94. The minimum atomic E-state index is 0.117. The molecule has 4 aliphatic carbocycles. The van der Waals surface area contributed by atoms with Gasteiger partial charge in [0.25, 0.3) is 0 Å². The summed E-state index contributed by atoms with van der Waals surface area (Å²) in [7, 11) is 0. The molecule has 4 aliphatic rings. The number of nitriles is 1. The molecule has 0 aliphatic heterocycles. The van der Waals surface area contributed by atoms with E-state index in [0.717, 1.165) is 31.2 Å². The van der Waals surface area contributed by atoms with E-state index in [-0.39, 0.29) is 17.9 Å². The van der Waals surface area contributed by atoms with E-state index in [1.54, 1.807) is 0 Å². The van der Waals surface area contributed by atoms with Crippen molar-refractivity contribution in [2.75, 3.05) is 6.54 Å². The Morgan fingerprint density at radius 1 is 1.30 bits per heavy atom. The van der Waals surface area contributed by atoms with Crippen LogP contribution in [0, 0.1) is 40.5 Å². The van der Waals surface area contributed by atoms with Gasteiger partial charge in [0.05, 0.1) is 0 Å². The van der Waals surface area contributed by atoms with Crippen LogP contribution in [0.2, 0.25) is 0 Å². The topological polar surface area (TPSA) is 64.9 Å². The molecule has 3 atom stereocenters. The molecule has 0 heterocycles. The first kappa shape index (κ1) is 13.7. The molecule has 4 nitrogen and oxygen atoms in total. The summed E-state index contributed by atoms with van der Waals surface area (Å²) in [5.41, 5.74) is 0.492. The molecule has 0 aromatic carbocycles. The van der Waals surface area contributed by atoms with Crippen LogP contribution in [0.5, 0.6) is 0 Å². The number of hydrogen-bond acceptors (Lipinski definition) is 3. The van der Waals surface area contributed by atoms with E-state index < -0.39 is 0 Å². The van der Waals surface area contributed by atoms with Gasteiger partial charge in [0.1, 0.15) is 0 Å². The van der Waals surface area contributed by atoms with Crippen LogP contribution in [0.3, 0.4) is 0 Å². The van der Waals surface area contributed by atoms with Crippen molar-refractivity contribution in [3.05, 3.63) is 0 Å². The number of carbonyl (C=O) groups excluding carboxylic acids is 1. The molecule has 4 saturated carbocycles. The summed E-state index contributed by atoms with van der Waals surface area (Å²) >= 11 is 0. The van der Waals surface area contributed by atoms with E-state index in [1.165, 1.54) is 19.3 Å². The molecule has 0 aromatic rings. The Morgan fingerprint density at radius 3 is 2.65 bits per heavy atom. The summed E-state index contributed by atoms with van der Waals surface area (Å²) in [4.78, 5) is 12.1. The molecule has 2 N–H and O–H groups in total. The fourth-order valence-corrected chi connectivity index (χ4v) is 4.62. The highest BCUT2D eigenvalue weighted by molar-refractivity contribution is 5.79. The summed E-state index contributed by atoms with van der Waals surface area (Å²) in [5, 5.41) is 14.4. The van der Waals surface area contributed by atoms with Gasteiger partial charge in [-0.3, -0.25) is 4.79 Å². The van der Waals surface area contributed by atoms with Crippen molar-refractivity contribution in [3.8, 4) is 6.19 Å². The van der Waals surface area contributed by atoms with Crippen LogP contribution in [0.15, 0.2) is 0 Å². The maximum Gasteiger partial charge on any atom is 0.223 e. The molecule has 4 heteroatoms. The third-order valence-corrected chi connectivity index (χ3v) is 6.32. The van der Waals surface area contributed by atoms with Gasteiger partial charge >= 0.3 is 0 Å². The second kappa shape index (κ2) is 4.95. The van der Waals surface area contributed by atoms with Crippen molar-refractivity contribution in [2.24, 2.45) is 29.1 Å². The highest BCUT2D eigenvalue weighted by atomic mass is 16.1. The minimum absolute atomic E-state index is 0.117. The Hall–Kier alpha value is -1.24. The van der Waals surface area contributed by atoms with E-state index in [4.69, 9.17) is 5.26 Å². The fraction of sp³-hybridized carbons (Fsp3) is 0.875. The van der Waals surface area contributed by atoms with E-state index >= 15 is 0 Å². The van der Waals surface area contributed by atoms with Gasteiger partial charge in [-0.2, -0.15) is 5.26 Å². The molecule has 20 heavy (non-hydrogen) atoms. The second-order valence-corrected chi connectivity index (χ2v) is 7.56. The molecule has 4 fully saturated rings. The minimum Gasteiger partial charge on any atom is -0.356 e. The summed E-state index contributed by atoms with van der Waals surface area (Å²) in [6, 6.07) is 0.219. The highest BCUT2D eigenvalue weighted by Crippen LogP contribution is 2.61. The Bertz CT molecular complexity index is 431. The monoisotopic (exact) mass is 275 g/mol. The lowest BCUT2D eigenvalue weighted by Crippen LogP contribution is -2.55. The zero-order chi connectivity index (χ0) is 14.3. The van der Waals surface area contributed by atoms with Crippen molar-refractivity contribution >= 4 is 5.91 Å². The summed E-state index contributed by atoms with van der Waals surface area (Å²) in [6.07, 6.45) is 7.55. The number of fused-ring (bicyclic) bond motifs is 2. The molecule has 2 bridgehead atoms. The first-order chi connectivity index (χ1) is 9.52. The van der Waals surface area contributed by atoms with Crippen LogP contribution >= 0.6 is 0 Å². The lowest BCUT2D eigenvalue weighted by Gasteiger charge is -2.60. The molecule has 0 aromatic heterocycles. The van der Waals surface area contributed by atoms with Crippen LogP contribution in [0.1, 0.15) is 46.0 Å². The largest absolute Gasteiger partial charge is 0.356 e. The van der Waals surface area contributed by atoms with Crippen LogP contribution in [-0.4, -0.2) is 18.5 Å². The fourth-order valence-electron chi connectivity index (χ4n) is 4.62. The van der Waals surface area contributed by atoms with Crippen molar-refractivity contribution in [1.82, 2.24) is 10.6 Å². The number of amides is 1. The zero-order valence-corrected chi connectivity index (χ0v) is 12.5. The van der Waals surface area contributed by atoms with Crippen LogP contribution < -0.4 is 10.6 Å². The molecule has 0 saturated heterocycles. The molecule has 0 unspecified atom stereocenters. The number of hydrogen-bond donors (Lipinski definition) is 2. The molecule has 0 spiro atoms. The third-order valence-electron chi connectivity index (χ3n) is 6.32. The number of rotatable bonds is 4. The molecule has 110 valence electrons. The van der Waals surface area contributed by atoms with Gasteiger partial charge in [0, 0.05) is 18.5 Å². The Morgan fingerprint density at radius 2 is 2.05 bits per heavy atom. The SMILES string of the molecule is CC1(C)[C@@H]2CC[C@@H](CNC(=O)C3CC(NC#N)C3)[C@H]1C2. The first-order valence-electron chi connectivity index (χ1n) is 7.94. The Kier molecular flexibility index (Phi) is 3.40. The van der Waals surface area contributed by atoms with Gasteiger partial charge < -0.3 is 10.6 Å². The molecule has 0 radical (unpaired) electrons. The van der Waals surface area contributed by atoms with Crippen LogP contribution in [0.4, 0.5) is 0 Å². The normalized spacial score (nSPS) is 40.8. The van der Waals surface area contributed by atoms with Gasteiger partial charge in [-0.25, -0.2) is 0 Å². The predicted molar refractivity (Wildman–Crippen MR) is 76.4 cm³/mol. The van der Waals surface area contributed by atoms with Crippen molar-refractivity contribution in [2.45, 2.75) is 52.0 Å². The van der Waals surface area contributed by atoms with E-state index in [1.807, 2.05) is 6.19 Å². The van der Waals surface area contributed by atoms with Crippen molar-refractivity contribution in [3.63, 3.8) is 0 Å². The smallest absolute Gasteiger partial charge is 0.223 e. The summed E-state index contributed by atoms with van der Waals surface area (Å²) < 4.78 is 0. The maximum absolute atomic E-state index is 12.1. The maximum atomic E-state index is 12.1. The van der Waals surface area contributed by atoms with Crippen LogP contribution in [-0.2, 0) is 4.79 Å². The average molecular weight is 275 g/mol. The van der Waals surface area contributed by atoms with E-state index in [0.29, 0.717) is 11.3 Å². The Labute approximate surface area is 121 Å². The number of carbonyl (C=O) groups is 1. The molecular weight excluding hydrogens is 250 g/mol.